The lowest BCUT2D eigenvalue weighted by Crippen LogP contribution is -2.31. The van der Waals surface area contributed by atoms with Crippen molar-refractivity contribution >= 4 is 41.5 Å². The van der Waals surface area contributed by atoms with Crippen LogP contribution in [0.3, 0.4) is 0 Å². The van der Waals surface area contributed by atoms with E-state index in [-0.39, 0.29) is 24.0 Å². The van der Waals surface area contributed by atoms with Crippen LogP contribution >= 0.6 is 31.5 Å². The van der Waals surface area contributed by atoms with Crippen LogP contribution in [-0.2, 0) is 25.7 Å². The summed E-state index contributed by atoms with van der Waals surface area (Å²) >= 11 is 12.6. The van der Waals surface area contributed by atoms with Gasteiger partial charge in [0.25, 0.3) is 0 Å². The second-order valence-electron chi connectivity index (χ2n) is 6.79. The minimum atomic E-state index is -3.75. The molecule has 0 bridgehead atoms. The topological polar surface area (TPSA) is 95.9 Å². The normalized spacial score (nSPS) is 18.4. The van der Waals surface area contributed by atoms with Crippen LogP contribution in [0.4, 0.5) is 0 Å². The number of hydrogen-bond acceptors (Lipinski definition) is 5. The minimum Gasteiger partial charge on any atom is -0.326 e. The first kappa shape index (κ1) is 22.7. The molecule has 11 heteroatoms. The van der Waals surface area contributed by atoms with Crippen molar-refractivity contribution in [2.45, 2.75) is 17.4 Å². The van der Waals surface area contributed by atoms with Crippen molar-refractivity contribution < 1.29 is 22.4 Å². The fourth-order valence-corrected chi connectivity index (χ4v) is 5.27. The number of likely N-dealkylation sites (N-methyl/N-ethyl adjacent to an activating group) is 1. The standard InChI is InChI=1S/C18H21Cl2N2O5PS/c1-22-10-16(15-8-13(19)9-18(20)17(15)11-22)12-2-4-14(5-3-12)29(25,26)21-6-7-27-28(23)24/h2-5,8-9,16,21,28H,6-7,10-11H2,1H3,(H,23,24). The zero-order chi connectivity index (χ0) is 21.2. The van der Waals surface area contributed by atoms with Gasteiger partial charge in [0.05, 0.1) is 11.5 Å². The van der Waals surface area contributed by atoms with E-state index < -0.39 is 18.3 Å². The summed E-state index contributed by atoms with van der Waals surface area (Å²) in [4.78, 5) is 10.9. The minimum absolute atomic E-state index is 0.0141. The summed E-state index contributed by atoms with van der Waals surface area (Å²) in [7, 11) is -4.82. The average Bonchev–Trinajstić information content (AvgIpc) is 2.65. The fourth-order valence-electron chi connectivity index (χ4n) is 3.41. The number of nitrogens with zero attached hydrogens (tertiary/aromatic N) is 1. The maximum Gasteiger partial charge on any atom is 0.316 e. The van der Waals surface area contributed by atoms with Gasteiger partial charge in [0.1, 0.15) is 0 Å². The lowest BCUT2D eigenvalue weighted by Gasteiger charge is -2.33. The maximum atomic E-state index is 12.4. The molecular formula is C18H21Cl2N2O5PS. The van der Waals surface area contributed by atoms with Gasteiger partial charge in [0.15, 0.2) is 0 Å². The Bertz CT molecular complexity index is 1020. The van der Waals surface area contributed by atoms with Crippen molar-refractivity contribution in [1.82, 2.24) is 9.62 Å². The van der Waals surface area contributed by atoms with Gasteiger partial charge in [-0.05, 0) is 48.0 Å². The van der Waals surface area contributed by atoms with Crippen LogP contribution in [-0.4, -0.2) is 45.0 Å². The molecule has 2 aromatic carbocycles. The molecule has 0 amide bonds. The van der Waals surface area contributed by atoms with Crippen molar-refractivity contribution in [3.63, 3.8) is 0 Å². The van der Waals surface area contributed by atoms with Gasteiger partial charge < -0.3 is 14.3 Å². The third kappa shape index (κ3) is 5.60. The monoisotopic (exact) mass is 478 g/mol. The van der Waals surface area contributed by atoms with E-state index in [1.807, 2.05) is 13.1 Å². The van der Waals surface area contributed by atoms with E-state index in [1.165, 1.54) is 12.1 Å². The molecule has 3 rings (SSSR count). The summed E-state index contributed by atoms with van der Waals surface area (Å²) in [5.74, 6) is 0.0141. The number of hydrogen-bond donors (Lipinski definition) is 2. The second kappa shape index (κ2) is 9.45. The number of nitrogens with one attached hydrogen (secondary N) is 1. The zero-order valence-corrected chi connectivity index (χ0v) is 18.9. The Kier molecular flexibility index (Phi) is 7.41. The third-order valence-electron chi connectivity index (χ3n) is 4.70. The predicted molar refractivity (Wildman–Crippen MR) is 113 cm³/mol. The first-order valence-corrected chi connectivity index (χ1v) is 12.3. The quantitative estimate of drug-likeness (QED) is 0.468. The largest absolute Gasteiger partial charge is 0.326 e. The molecule has 2 aromatic rings. The van der Waals surface area contributed by atoms with E-state index >= 15 is 0 Å². The van der Waals surface area contributed by atoms with Crippen LogP contribution in [0.5, 0.6) is 0 Å². The van der Waals surface area contributed by atoms with Crippen LogP contribution in [0.25, 0.3) is 0 Å². The lowest BCUT2D eigenvalue weighted by atomic mass is 9.85. The summed E-state index contributed by atoms with van der Waals surface area (Å²) in [6, 6.07) is 10.3. The Morgan fingerprint density at radius 1 is 1.28 bits per heavy atom. The van der Waals surface area contributed by atoms with Crippen LogP contribution in [0.1, 0.15) is 22.6 Å². The molecule has 7 nitrogen and oxygen atoms in total. The fraction of sp³-hybridized carbons (Fsp3) is 0.333. The van der Waals surface area contributed by atoms with Gasteiger partial charge in [-0.25, -0.2) is 13.1 Å². The van der Waals surface area contributed by atoms with Gasteiger partial charge in [-0.3, -0.25) is 4.57 Å². The summed E-state index contributed by atoms with van der Waals surface area (Å²) in [5, 5.41) is 1.19. The number of sulfonamides is 1. The summed E-state index contributed by atoms with van der Waals surface area (Å²) < 4.78 is 42.0. The molecule has 0 radical (unpaired) electrons. The molecule has 2 atom stereocenters. The first-order chi connectivity index (χ1) is 13.7. The summed E-state index contributed by atoms with van der Waals surface area (Å²) in [6.45, 7) is 1.20. The van der Waals surface area contributed by atoms with Gasteiger partial charge in [0, 0.05) is 35.6 Å². The van der Waals surface area contributed by atoms with E-state index in [2.05, 4.69) is 14.1 Å². The predicted octanol–water partition coefficient (Wildman–Crippen LogP) is 3.25. The van der Waals surface area contributed by atoms with Crippen molar-refractivity contribution in [3.8, 4) is 0 Å². The molecular weight excluding hydrogens is 458 g/mol. The maximum absolute atomic E-state index is 12.4. The second-order valence-corrected chi connectivity index (χ2v) is 10.2. The average molecular weight is 479 g/mol. The van der Waals surface area contributed by atoms with Crippen molar-refractivity contribution in [2.24, 2.45) is 0 Å². The highest BCUT2D eigenvalue weighted by Crippen LogP contribution is 2.38. The molecule has 0 aliphatic carbocycles. The molecule has 158 valence electrons. The number of fused-ring (bicyclic) bond motifs is 1. The first-order valence-electron chi connectivity index (χ1n) is 8.79. The molecule has 0 spiro atoms. The zero-order valence-electron chi connectivity index (χ0n) is 15.6. The highest BCUT2D eigenvalue weighted by molar-refractivity contribution is 7.89. The van der Waals surface area contributed by atoms with E-state index in [0.717, 1.165) is 29.8 Å². The Balaban J connectivity index is 1.81. The Morgan fingerprint density at radius 3 is 2.62 bits per heavy atom. The molecule has 0 saturated heterocycles. The number of rotatable bonds is 7. The van der Waals surface area contributed by atoms with Crippen LogP contribution in [0.2, 0.25) is 10.0 Å². The number of benzene rings is 2. The Morgan fingerprint density at radius 2 is 1.97 bits per heavy atom. The lowest BCUT2D eigenvalue weighted by molar-refractivity contribution is 0.286. The highest BCUT2D eigenvalue weighted by atomic mass is 35.5. The van der Waals surface area contributed by atoms with Crippen LogP contribution < -0.4 is 4.72 Å². The molecule has 0 fully saturated rings. The number of halogens is 2. The molecule has 2 N–H and O–H groups in total. The van der Waals surface area contributed by atoms with Gasteiger partial charge in [-0.1, -0.05) is 35.3 Å². The highest BCUT2D eigenvalue weighted by Gasteiger charge is 2.27. The van der Waals surface area contributed by atoms with E-state index in [0.29, 0.717) is 10.0 Å². The van der Waals surface area contributed by atoms with E-state index in [4.69, 9.17) is 28.1 Å². The van der Waals surface area contributed by atoms with E-state index in [1.54, 1.807) is 18.2 Å². The van der Waals surface area contributed by atoms with Crippen molar-refractivity contribution in [1.29, 1.82) is 0 Å². The van der Waals surface area contributed by atoms with E-state index in [9.17, 15) is 13.0 Å². The van der Waals surface area contributed by atoms with Gasteiger partial charge in [-0.2, -0.15) is 0 Å². The summed E-state index contributed by atoms with van der Waals surface area (Å²) in [6.07, 6.45) is 0. The summed E-state index contributed by atoms with van der Waals surface area (Å²) in [5.41, 5.74) is 3.03. The Labute approximate surface area is 180 Å². The van der Waals surface area contributed by atoms with Gasteiger partial charge in [-0.15, -0.1) is 0 Å². The molecule has 0 aromatic heterocycles. The van der Waals surface area contributed by atoms with Crippen molar-refractivity contribution in [2.75, 3.05) is 26.7 Å². The van der Waals surface area contributed by atoms with Crippen LogP contribution in [0.15, 0.2) is 41.3 Å². The van der Waals surface area contributed by atoms with Gasteiger partial charge in [0.2, 0.25) is 10.0 Å². The molecule has 1 heterocycles. The molecule has 0 saturated carbocycles. The van der Waals surface area contributed by atoms with Crippen molar-refractivity contribution in [3.05, 3.63) is 63.1 Å². The molecule has 1 aliphatic heterocycles. The molecule has 2 unspecified atom stereocenters. The smallest absolute Gasteiger partial charge is 0.316 e. The third-order valence-corrected chi connectivity index (χ3v) is 7.19. The Hall–Kier alpha value is -0.960. The SMILES string of the molecule is CN1Cc2c(Cl)cc(Cl)cc2C(c2ccc(S(=O)(=O)NCCO[PH](=O)O)cc2)C1. The molecule has 1 aliphatic rings. The van der Waals surface area contributed by atoms with Gasteiger partial charge >= 0.3 is 8.25 Å². The van der Waals surface area contributed by atoms with Crippen LogP contribution in [0, 0.1) is 0 Å². The molecule has 29 heavy (non-hydrogen) atoms.